The van der Waals surface area contributed by atoms with Gasteiger partial charge in [0.05, 0.1) is 83.7 Å². The van der Waals surface area contributed by atoms with Gasteiger partial charge in [-0.1, -0.05) is 0 Å². The fraction of sp³-hybridized carbons (Fsp3) is 0.467. The second-order valence-electron chi connectivity index (χ2n) is 18.4. The van der Waals surface area contributed by atoms with Gasteiger partial charge in [-0.05, 0) is 66.2 Å². The fourth-order valence-corrected chi connectivity index (χ4v) is 8.26. The van der Waals surface area contributed by atoms with Crippen molar-refractivity contribution in [3.63, 3.8) is 0 Å². The number of alkyl halides is 4. The molecule has 18 nitrogen and oxygen atoms in total. The van der Waals surface area contributed by atoms with Gasteiger partial charge in [-0.3, -0.25) is 9.59 Å². The summed E-state index contributed by atoms with van der Waals surface area (Å²) in [7, 11) is 0. The smallest absolute Gasteiger partial charge is 0.255 e. The third-order valence-electron chi connectivity index (χ3n) is 12.2. The third-order valence-corrected chi connectivity index (χ3v) is 12.2. The third kappa shape index (κ3) is 10.9. The van der Waals surface area contributed by atoms with Gasteiger partial charge >= 0.3 is 0 Å². The Labute approximate surface area is 391 Å². The second-order valence-corrected chi connectivity index (χ2v) is 18.4. The Kier molecular flexibility index (Phi) is 13.9. The summed E-state index contributed by atoms with van der Waals surface area (Å²) in [5.74, 6) is -4.02. The summed E-state index contributed by atoms with van der Waals surface area (Å²) in [6.45, 7) is 3.84. The number of carbonyl (C=O) groups excluding carboxylic acids is 2. The molecule has 2 saturated carbocycles. The van der Waals surface area contributed by atoms with Crippen molar-refractivity contribution in [2.45, 2.75) is 120 Å². The highest BCUT2D eigenvalue weighted by atomic mass is 19.2. The molecule has 0 aliphatic heterocycles. The van der Waals surface area contributed by atoms with E-state index in [0.29, 0.717) is 18.5 Å². The van der Waals surface area contributed by atoms with E-state index in [0.717, 1.165) is 24.8 Å². The first kappa shape index (κ1) is 48.6. The number of fused-ring (bicyclic) bond motifs is 2. The molecule has 7 N–H and O–H groups in total. The van der Waals surface area contributed by atoms with Gasteiger partial charge in [0, 0.05) is 42.7 Å². The van der Waals surface area contributed by atoms with Crippen LogP contribution in [0.3, 0.4) is 0 Å². The molecule has 69 heavy (non-hydrogen) atoms. The maximum atomic E-state index is 17.7. The Bertz CT molecular complexity index is 2820. The van der Waals surface area contributed by atoms with E-state index < -0.39 is 90.6 Å². The van der Waals surface area contributed by atoms with Crippen molar-refractivity contribution < 1.29 is 46.1 Å². The Hall–Kier alpha value is -6.82. The van der Waals surface area contributed by atoms with Crippen LogP contribution in [0.2, 0.25) is 0 Å². The van der Waals surface area contributed by atoms with Gasteiger partial charge in [0.15, 0.2) is 34.6 Å². The monoisotopic (exact) mass is 966 g/mol. The predicted molar refractivity (Wildman–Crippen MR) is 243 cm³/mol. The van der Waals surface area contributed by atoms with Crippen LogP contribution in [0.25, 0.3) is 11.3 Å². The molecule has 0 radical (unpaired) electrons. The van der Waals surface area contributed by atoms with Crippen LogP contribution < -0.4 is 31.5 Å². The van der Waals surface area contributed by atoms with Crippen LogP contribution in [0, 0.1) is 11.6 Å². The topological polar surface area (TPSA) is 224 Å². The molecule has 368 valence electrons. The lowest BCUT2D eigenvalue weighted by Gasteiger charge is -2.41. The molecule has 0 spiro atoms. The van der Waals surface area contributed by atoms with Crippen molar-refractivity contribution in [3.8, 4) is 0 Å². The van der Waals surface area contributed by atoms with Crippen LogP contribution in [-0.4, -0.2) is 128 Å². The zero-order valence-electron chi connectivity index (χ0n) is 38.0. The van der Waals surface area contributed by atoms with E-state index in [-0.39, 0.29) is 77.1 Å². The first-order valence-electron chi connectivity index (χ1n) is 22.4. The molecule has 6 aromatic rings. The number of aromatic nitrogens is 8. The number of hydrogen-bond acceptors (Lipinski definition) is 14. The van der Waals surface area contributed by atoms with Crippen LogP contribution >= 0.6 is 0 Å². The molecule has 8 rings (SSSR count). The first-order chi connectivity index (χ1) is 32.7. The predicted octanol–water partition coefficient (Wildman–Crippen LogP) is 6.07. The van der Waals surface area contributed by atoms with E-state index in [1.165, 1.54) is 72.2 Å². The van der Waals surface area contributed by atoms with Crippen molar-refractivity contribution in [2.75, 3.05) is 33.9 Å². The Morgan fingerprint density at radius 1 is 0.797 bits per heavy atom. The van der Waals surface area contributed by atoms with Crippen LogP contribution in [0.5, 0.6) is 0 Å². The number of amides is 2. The number of nitrogens with one attached hydrogen (secondary N) is 5. The molecule has 6 aromatic heterocycles. The molecule has 2 aliphatic rings. The molecule has 0 bridgehead atoms. The van der Waals surface area contributed by atoms with Gasteiger partial charge in [0.1, 0.15) is 36.3 Å². The lowest BCUT2D eigenvalue weighted by molar-refractivity contribution is -0.00209. The van der Waals surface area contributed by atoms with E-state index in [1.54, 1.807) is 6.07 Å². The average Bonchev–Trinajstić information content (AvgIpc) is 4.06. The highest BCUT2D eigenvalue weighted by Gasteiger charge is 2.41. The highest BCUT2D eigenvalue weighted by molar-refractivity contribution is 6.00. The summed E-state index contributed by atoms with van der Waals surface area (Å²) in [5, 5.41) is 42.3. The minimum absolute atomic E-state index is 0.0119. The Morgan fingerprint density at radius 3 is 2.00 bits per heavy atom. The summed E-state index contributed by atoms with van der Waals surface area (Å²) in [5.41, 5.74) is -3.21. The molecule has 7 atom stereocenters. The number of aliphatic hydroxyl groups is 2. The molecule has 2 amide bonds. The number of nitrogens with zero attached hydrogens (tertiary/aromatic N) is 9. The summed E-state index contributed by atoms with van der Waals surface area (Å²) < 4.78 is 95.8. The minimum Gasteiger partial charge on any atom is -0.387 e. The lowest BCUT2D eigenvalue weighted by Crippen LogP contribution is -2.51. The summed E-state index contributed by atoms with van der Waals surface area (Å²) >= 11 is 0. The maximum Gasteiger partial charge on any atom is 0.255 e. The molecular formula is C45H52F6N14O4. The number of rotatable bonds is 17. The standard InChI is InChI=1S/C45H52F6N14O4/c1-44(2,68)33(49)19-54-42(66)25-17-52-35(60-40-27(47)21-63-36(61-40)10-12-56-63)15-30(25)59-29-6-5-7-32(39(29)51)65(41-28(48)22-64-37(62-41)11-13-57-64)38-16-31(58-24-9-8-23(46)14-24)26(18-53-38)43(67)55-20-34(50)45(3,4)69/h10-13,15-18,21-24,29,32-34,39,68-69H,5-9,14,19-20H2,1-4H3,(H,53,58)(H,54,66)(H,55,67)(H2,52,59,60,61)/t23?,24?,29?,32?,33-,34-,39?/m1/s1. The van der Waals surface area contributed by atoms with Gasteiger partial charge in [0.25, 0.3) is 11.8 Å². The average molecular weight is 967 g/mol. The van der Waals surface area contributed by atoms with Gasteiger partial charge < -0.3 is 41.7 Å². The Balaban J connectivity index is 1.16. The van der Waals surface area contributed by atoms with Gasteiger partial charge in [-0.25, -0.2) is 55.3 Å². The highest BCUT2D eigenvalue weighted by Crippen LogP contribution is 2.39. The zero-order valence-corrected chi connectivity index (χ0v) is 38.0. The number of halogens is 6. The van der Waals surface area contributed by atoms with Crippen molar-refractivity contribution in [1.82, 2.24) is 49.8 Å². The van der Waals surface area contributed by atoms with Crippen LogP contribution in [0.1, 0.15) is 86.9 Å². The second kappa shape index (κ2) is 19.7. The normalized spacial score (nSPS) is 20.7. The molecule has 5 unspecified atom stereocenters. The maximum absolute atomic E-state index is 17.7. The van der Waals surface area contributed by atoms with Crippen molar-refractivity contribution in [2.24, 2.45) is 0 Å². The lowest BCUT2D eigenvalue weighted by atomic mass is 9.87. The van der Waals surface area contributed by atoms with E-state index in [1.807, 2.05) is 0 Å². The quantitative estimate of drug-likeness (QED) is 0.0516. The largest absolute Gasteiger partial charge is 0.387 e. The number of hydrogen-bond donors (Lipinski definition) is 7. The molecular weight excluding hydrogens is 915 g/mol. The molecule has 0 saturated heterocycles. The fourth-order valence-electron chi connectivity index (χ4n) is 8.26. The van der Waals surface area contributed by atoms with Crippen LogP contribution in [-0.2, 0) is 0 Å². The van der Waals surface area contributed by atoms with Crippen LogP contribution in [0.4, 0.5) is 61.0 Å². The molecule has 2 fully saturated rings. The Morgan fingerprint density at radius 2 is 1.39 bits per heavy atom. The van der Waals surface area contributed by atoms with Crippen LogP contribution in [0.15, 0.2) is 61.4 Å². The van der Waals surface area contributed by atoms with Crippen molar-refractivity contribution in [3.05, 3.63) is 84.2 Å². The van der Waals surface area contributed by atoms with E-state index in [9.17, 15) is 33.0 Å². The minimum atomic E-state index is -1.91. The molecule has 0 aromatic carbocycles. The SMILES string of the molecule is CC(C)(O)[C@H](F)CNC(=O)c1cnc(N(c2nc3ccnn3cc2F)C2CCCC(Nc3cc(Nc4nc5ccnn5cc4F)ncc3C(=O)NC[C@@H](F)C(C)(C)O)C2F)cc1NC1CCC(F)C1. The van der Waals surface area contributed by atoms with Crippen molar-refractivity contribution >= 4 is 57.8 Å². The van der Waals surface area contributed by atoms with E-state index in [4.69, 9.17) is 0 Å². The summed E-state index contributed by atoms with van der Waals surface area (Å²) in [6.07, 6.45) is 1.85. The van der Waals surface area contributed by atoms with E-state index >= 15 is 13.2 Å². The summed E-state index contributed by atoms with van der Waals surface area (Å²) in [6, 6.07) is 2.93. The van der Waals surface area contributed by atoms with Gasteiger partial charge in [-0.15, -0.1) is 0 Å². The molecule has 24 heteroatoms. The number of pyridine rings is 2. The molecule has 2 aliphatic carbocycles. The van der Waals surface area contributed by atoms with Crippen molar-refractivity contribution in [1.29, 1.82) is 0 Å². The van der Waals surface area contributed by atoms with E-state index in [2.05, 4.69) is 56.7 Å². The first-order valence-corrected chi connectivity index (χ1v) is 22.4. The molecule has 6 heterocycles. The van der Waals surface area contributed by atoms with Gasteiger partial charge in [0.2, 0.25) is 0 Å². The number of carbonyl (C=O) groups is 2. The summed E-state index contributed by atoms with van der Waals surface area (Å²) in [4.78, 5) is 46.1. The number of anilines is 6. The van der Waals surface area contributed by atoms with Gasteiger partial charge in [-0.2, -0.15) is 10.2 Å². The zero-order chi connectivity index (χ0) is 49.4.